The van der Waals surface area contributed by atoms with Crippen molar-refractivity contribution in [2.75, 3.05) is 0 Å². The zero-order valence-electron chi connectivity index (χ0n) is 13.9. The maximum absolute atomic E-state index is 12.3. The van der Waals surface area contributed by atoms with Crippen molar-refractivity contribution in [2.24, 2.45) is 0 Å². The fourth-order valence-electron chi connectivity index (χ4n) is 2.05. The monoisotopic (exact) mass is 293 g/mol. The van der Waals surface area contributed by atoms with E-state index in [1.807, 2.05) is 48.5 Å². The van der Waals surface area contributed by atoms with Gasteiger partial charge >= 0.3 is 13.1 Å². The van der Waals surface area contributed by atoms with Gasteiger partial charge in [0, 0.05) is 11.7 Å². The van der Waals surface area contributed by atoms with Crippen molar-refractivity contribution in [2.45, 2.75) is 65.3 Å². The lowest BCUT2D eigenvalue weighted by atomic mass is 9.79. The highest BCUT2D eigenvalue weighted by atomic mass is 16.7. The molecule has 1 fully saturated rings. The Labute approximate surface area is 126 Å². The summed E-state index contributed by atoms with van der Waals surface area (Å²) in [4.78, 5) is 15.2. The van der Waals surface area contributed by atoms with Gasteiger partial charge in [-0.2, -0.15) is 0 Å². The summed E-state index contributed by atoms with van der Waals surface area (Å²) >= 11 is 0. The minimum absolute atomic E-state index is 0.378. The summed E-state index contributed by atoms with van der Waals surface area (Å²) in [7, 11) is -0.580. The second-order valence-corrected chi connectivity index (χ2v) is 7.40. The molecule has 0 atom stereocenters. The van der Waals surface area contributed by atoms with Crippen LogP contribution in [0.5, 0.6) is 0 Å². The van der Waals surface area contributed by atoms with E-state index in [4.69, 9.17) is 14.0 Å². The number of ether oxygens (including phenoxy) is 1. The molecule has 1 aromatic heterocycles. The molecule has 0 amide bonds. The molecule has 1 aliphatic rings. The van der Waals surface area contributed by atoms with E-state index >= 15 is 0 Å². The van der Waals surface area contributed by atoms with Gasteiger partial charge in [0.1, 0.15) is 11.3 Å². The highest BCUT2D eigenvalue weighted by molar-refractivity contribution is 6.63. The maximum atomic E-state index is 12.3. The van der Waals surface area contributed by atoms with Gasteiger partial charge in [-0.05, 0) is 54.5 Å². The molecule has 2 rings (SSSR count). The summed E-state index contributed by atoms with van der Waals surface area (Å²) < 4.78 is 17.4. The Hall–Kier alpha value is -1.27. The number of carbonyl (C=O) groups excluding carboxylic acids is 1. The van der Waals surface area contributed by atoms with Crippen LogP contribution >= 0.6 is 0 Å². The number of H-pyrrole nitrogens is 1. The van der Waals surface area contributed by atoms with Crippen LogP contribution in [-0.4, -0.2) is 34.9 Å². The minimum Gasteiger partial charge on any atom is -0.455 e. The standard InChI is InChI=1S/C15H24BNO4/c1-13(2,3)19-12(18)11-10(8-9-17-11)16-20-14(4,5)15(6,7)21-16/h8-9,17H,1-7H3. The first-order valence-electron chi connectivity index (χ1n) is 7.19. The van der Waals surface area contributed by atoms with Gasteiger partial charge in [-0.25, -0.2) is 4.79 Å². The molecule has 6 heteroatoms. The predicted octanol–water partition coefficient (Wildman–Crippen LogP) is 2.27. The number of carbonyl (C=O) groups is 1. The Kier molecular flexibility index (Phi) is 3.75. The van der Waals surface area contributed by atoms with Gasteiger partial charge in [0.05, 0.1) is 11.2 Å². The van der Waals surface area contributed by atoms with E-state index in [9.17, 15) is 4.79 Å². The molecule has 1 saturated heterocycles. The van der Waals surface area contributed by atoms with Gasteiger partial charge in [-0.1, -0.05) is 0 Å². The third kappa shape index (κ3) is 3.16. The molecule has 0 saturated carbocycles. The molecule has 0 aliphatic carbocycles. The van der Waals surface area contributed by atoms with Crippen molar-refractivity contribution < 1.29 is 18.8 Å². The van der Waals surface area contributed by atoms with Gasteiger partial charge in [-0.15, -0.1) is 0 Å². The number of hydrogen-bond acceptors (Lipinski definition) is 4. The lowest BCUT2D eigenvalue weighted by molar-refractivity contribution is 0.00578. The Bertz CT molecular complexity index is 526. The van der Waals surface area contributed by atoms with Crippen LogP contribution in [0.15, 0.2) is 12.3 Å². The van der Waals surface area contributed by atoms with Crippen molar-refractivity contribution in [3.05, 3.63) is 18.0 Å². The van der Waals surface area contributed by atoms with E-state index in [0.29, 0.717) is 11.2 Å². The van der Waals surface area contributed by atoms with Crippen LogP contribution < -0.4 is 5.46 Å². The third-order valence-electron chi connectivity index (χ3n) is 3.89. The highest BCUT2D eigenvalue weighted by Gasteiger charge is 2.52. The number of esters is 1. The molecule has 1 aliphatic heterocycles. The van der Waals surface area contributed by atoms with E-state index in [1.165, 1.54) is 0 Å². The molecular weight excluding hydrogens is 269 g/mol. The first kappa shape index (κ1) is 16.1. The van der Waals surface area contributed by atoms with Crippen LogP contribution in [0.25, 0.3) is 0 Å². The topological polar surface area (TPSA) is 60.6 Å². The average molecular weight is 293 g/mol. The number of aromatic nitrogens is 1. The Balaban J connectivity index is 2.25. The van der Waals surface area contributed by atoms with Crippen molar-refractivity contribution in [3.8, 4) is 0 Å². The number of rotatable bonds is 2. The SMILES string of the molecule is CC(C)(C)OC(=O)c1[nH]ccc1B1OC(C)(C)C(C)(C)O1. The van der Waals surface area contributed by atoms with Gasteiger partial charge in [0.15, 0.2) is 0 Å². The van der Waals surface area contributed by atoms with Gasteiger partial charge < -0.3 is 19.0 Å². The average Bonchev–Trinajstić information content (AvgIpc) is 2.79. The molecule has 0 aromatic carbocycles. The van der Waals surface area contributed by atoms with Crippen LogP contribution in [0.2, 0.25) is 0 Å². The van der Waals surface area contributed by atoms with E-state index in [1.54, 1.807) is 12.3 Å². The number of nitrogens with one attached hydrogen (secondary N) is 1. The van der Waals surface area contributed by atoms with Crippen LogP contribution in [0.1, 0.15) is 59.0 Å². The first-order valence-corrected chi connectivity index (χ1v) is 7.19. The van der Waals surface area contributed by atoms with E-state index in [0.717, 1.165) is 0 Å². The van der Waals surface area contributed by atoms with E-state index in [2.05, 4.69) is 4.98 Å². The zero-order valence-corrected chi connectivity index (χ0v) is 13.9. The molecule has 1 aromatic rings. The molecule has 1 N–H and O–H groups in total. The number of hydrogen-bond donors (Lipinski definition) is 1. The lowest BCUT2D eigenvalue weighted by Gasteiger charge is -2.32. The van der Waals surface area contributed by atoms with Crippen LogP contribution in [0.3, 0.4) is 0 Å². The van der Waals surface area contributed by atoms with Gasteiger partial charge in [-0.3, -0.25) is 0 Å². The fourth-order valence-corrected chi connectivity index (χ4v) is 2.05. The smallest absolute Gasteiger partial charge is 0.455 e. The van der Waals surface area contributed by atoms with E-state index < -0.39 is 29.9 Å². The van der Waals surface area contributed by atoms with Crippen molar-refractivity contribution in [1.29, 1.82) is 0 Å². The molecule has 0 bridgehead atoms. The summed E-state index contributed by atoms with van der Waals surface area (Å²) in [6.45, 7) is 13.4. The van der Waals surface area contributed by atoms with Crippen molar-refractivity contribution >= 4 is 18.6 Å². The fraction of sp³-hybridized carbons (Fsp3) is 0.667. The number of aromatic amines is 1. The Morgan fingerprint density at radius 2 is 1.71 bits per heavy atom. The molecular formula is C15H24BNO4. The minimum atomic E-state index is -0.580. The summed E-state index contributed by atoms with van der Waals surface area (Å²) in [5.74, 6) is -0.405. The molecule has 21 heavy (non-hydrogen) atoms. The largest absolute Gasteiger partial charge is 0.497 e. The molecule has 116 valence electrons. The van der Waals surface area contributed by atoms with Crippen LogP contribution in [0.4, 0.5) is 0 Å². The maximum Gasteiger partial charge on any atom is 0.497 e. The molecule has 0 unspecified atom stereocenters. The molecule has 2 heterocycles. The molecule has 0 spiro atoms. The quantitative estimate of drug-likeness (QED) is 0.671. The van der Waals surface area contributed by atoms with Crippen molar-refractivity contribution in [1.82, 2.24) is 4.98 Å². The summed E-state index contributed by atoms with van der Waals surface area (Å²) in [5, 5.41) is 0. The van der Waals surface area contributed by atoms with Crippen LogP contribution in [0, 0.1) is 0 Å². The molecule has 5 nitrogen and oxygen atoms in total. The normalized spacial score (nSPS) is 20.6. The third-order valence-corrected chi connectivity index (χ3v) is 3.89. The summed E-state index contributed by atoms with van der Waals surface area (Å²) in [6, 6.07) is 1.79. The van der Waals surface area contributed by atoms with Gasteiger partial charge in [0.2, 0.25) is 0 Å². The second kappa shape index (κ2) is 4.88. The highest BCUT2D eigenvalue weighted by Crippen LogP contribution is 2.36. The van der Waals surface area contributed by atoms with E-state index in [-0.39, 0.29) is 0 Å². The molecule has 0 radical (unpaired) electrons. The Morgan fingerprint density at radius 3 is 2.19 bits per heavy atom. The summed E-state index contributed by atoms with van der Waals surface area (Å²) in [5.41, 5.74) is -0.387. The lowest BCUT2D eigenvalue weighted by Crippen LogP contribution is -2.41. The summed E-state index contributed by atoms with van der Waals surface area (Å²) in [6.07, 6.45) is 1.69. The first-order chi connectivity index (χ1) is 9.43. The predicted molar refractivity (Wildman–Crippen MR) is 81.7 cm³/mol. The Morgan fingerprint density at radius 1 is 1.19 bits per heavy atom. The van der Waals surface area contributed by atoms with Crippen LogP contribution in [-0.2, 0) is 14.0 Å². The second-order valence-electron chi connectivity index (χ2n) is 7.40. The zero-order chi connectivity index (χ0) is 16.1. The van der Waals surface area contributed by atoms with Crippen molar-refractivity contribution in [3.63, 3.8) is 0 Å². The van der Waals surface area contributed by atoms with Gasteiger partial charge in [0.25, 0.3) is 0 Å².